The van der Waals surface area contributed by atoms with E-state index in [0.717, 1.165) is 0 Å². The zero-order valence-electron chi connectivity index (χ0n) is 11.5. The number of nitrogens with two attached hydrogens (primary N) is 1. The van der Waals surface area contributed by atoms with E-state index in [0.29, 0.717) is 0 Å². The van der Waals surface area contributed by atoms with Gasteiger partial charge in [-0.05, 0) is 18.1 Å². The molecule has 0 saturated carbocycles. The van der Waals surface area contributed by atoms with Gasteiger partial charge in [-0.25, -0.2) is 0 Å². The van der Waals surface area contributed by atoms with E-state index < -0.39 is 35.8 Å². The third-order valence-electron chi connectivity index (χ3n) is 2.00. The fourth-order valence-electron chi connectivity index (χ4n) is 1.08. The van der Waals surface area contributed by atoms with Gasteiger partial charge in [0.25, 0.3) is 0 Å². The average molecular weight is 245 g/mol. The van der Waals surface area contributed by atoms with Gasteiger partial charge in [0, 0.05) is 22.7 Å². The van der Waals surface area contributed by atoms with Crippen LogP contribution in [0, 0.1) is 5.92 Å². The second-order valence-corrected chi connectivity index (χ2v) is 3.72. The molecule has 1 aromatic rings. The lowest BCUT2D eigenvalue weighted by Gasteiger charge is -2.07. The van der Waals surface area contributed by atoms with E-state index in [2.05, 4.69) is 0 Å². The molecule has 0 radical (unpaired) electrons. The number of anilines is 1. The maximum Gasteiger partial charge on any atom is 0.306 e. The minimum atomic E-state index is -1.15. The van der Waals surface area contributed by atoms with Crippen molar-refractivity contribution in [2.75, 3.05) is 5.73 Å². The van der Waals surface area contributed by atoms with Crippen molar-refractivity contribution in [3.05, 3.63) is 28.7 Å². The Hall–Kier alpha value is -1.55. The maximum atomic E-state index is 11.9. The van der Waals surface area contributed by atoms with Gasteiger partial charge in [0.05, 0.1) is 10.0 Å². The Balaban J connectivity index is 3.28. The number of ketones is 1. The van der Waals surface area contributed by atoms with Crippen molar-refractivity contribution in [2.45, 2.75) is 13.3 Å². The zero-order valence-corrected chi connectivity index (χ0v) is 9.26. The first-order valence-corrected chi connectivity index (χ1v) is 4.87. The number of carbonyl (C=O) groups excluding carboxylic acids is 1. The van der Waals surface area contributed by atoms with Gasteiger partial charge in [-0.1, -0.05) is 18.5 Å². The SMILES string of the molecule is [2H]c1c([2H])c(C(=O)C[C@H](C)C(=O)O)c(N)c([2H])c1Cl. The van der Waals surface area contributed by atoms with Gasteiger partial charge in [-0.2, -0.15) is 0 Å². The first-order valence-electron chi connectivity index (χ1n) is 5.99. The number of nitrogen functional groups attached to an aromatic ring is 1. The highest BCUT2D eigenvalue weighted by molar-refractivity contribution is 6.31. The first-order chi connectivity index (χ1) is 8.68. The summed E-state index contributed by atoms with van der Waals surface area (Å²) in [5.74, 6) is -2.77. The molecule has 1 aromatic carbocycles. The highest BCUT2D eigenvalue weighted by Gasteiger charge is 2.18. The summed E-state index contributed by atoms with van der Waals surface area (Å²) in [6.45, 7) is 1.35. The van der Waals surface area contributed by atoms with Gasteiger partial charge in [0.15, 0.2) is 5.78 Å². The van der Waals surface area contributed by atoms with Crippen molar-refractivity contribution < 1.29 is 18.8 Å². The topological polar surface area (TPSA) is 80.4 Å². The number of benzene rings is 1. The molecule has 0 aromatic heterocycles. The molecule has 0 spiro atoms. The molecule has 1 rings (SSSR count). The molecule has 0 aliphatic heterocycles. The number of carboxylic acid groups (broad SMARTS) is 1. The van der Waals surface area contributed by atoms with Crippen LogP contribution in [0.5, 0.6) is 0 Å². The van der Waals surface area contributed by atoms with Crippen LogP contribution in [-0.2, 0) is 4.79 Å². The van der Waals surface area contributed by atoms with Gasteiger partial charge in [0.1, 0.15) is 0 Å². The molecule has 0 aliphatic carbocycles. The number of halogens is 1. The Labute approximate surface area is 102 Å². The van der Waals surface area contributed by atoms with E-state index in [1.54, 1.807) is 0 Å². The molecule has 0 bridgehead atoms. The normalized spacial score (nSPS) is 14.8. The monoisotopic (exact) mass is 244 g/mol. The second-order valence-electron chi connectivity index (χ2n) is 3.34. The van der Waals surface area contributed by atoms with E-state index in [1.807, 2.05) is 0 Å². The predicted octanol–water partition coefficient (Wildman–Crippen LogP) is 2.22. The van der Waals surface area contributed by atoms with Crippen LogP contribution in [0.4, 0.5) is 5.69 Å². The van der Waals surface area contributed by atoms with E-state index in [9.17, 15) is 9.59 Å². The van der Waals surface area contributed by atoms with Crippen molar-refractivity contribution >= 4 is 29.0 Å². The lowest BCUT2D eigenvalue weighted by molar-refractivity contribution is -0.141. The summed E-state index contributed by atoms with van der Waals surface area (Å²) in [5, 5.41) is 8.44. The number of hydrogen-bond acceptors (Lipinski definition) is 3. The van der Waals surface area contributed by atoms with Crippen LogP contribution < -0.4 is 5.73 Å². The highest BCUT2D eigenvalue weighted by Crippen LogP contribution is 2.20. The molecule has 16 heavy (non-hydrogen) atoms. The quantitative estimate of drug-likeness (QED) is 0.629. The van der Waals surface area contributed by atoms with Gasteiger partial charge in [-0.15, -0.1) is 0 Å². The zero-order chi connectivity index (χ0) is 14.9. The number of hydrogen-bond donors (Lipinski definition) is 2. The number of rotatable bonds is 4. The fourth-order valence-corrected chi connectivity index (χ4v) is 1.23. The van der Waals surface area contributed by atoms with Gasteiger partial charge in [-0.3, -0.25) is 9.59 Å². The minimum Gasteiger partial charge on any atom is -0.481 e. The number of Topliss-reactive ketones (excluding diaryl/α,β-unsaturated/α-hetero) is 1. The minimum absolute atomic E-state index is 0.298. The molecule has 0 amide bonds. The summed E-state index contributed by atoms with van der Waals surface area (Å²) in [4.78, 5) is 22.6. The van der Waals surface area contributed by atoms with Crippen LogP contribution in [0.25, 0.3) is 0 Å². The summed E-state index contributed by atoms with van der Waals surface area (Å²) in [7, 11) is 0. The van der Waals surface area contributed by atoms with Crippen LogP contribution in [0.15, 0.2) is 18.1 Å². The van der Waals surface area contributed by atoms with Crippen molar-refractivity contribution in [3.8, 4) is 0 Å². The molecule has 1 atom stereocenters. The molecule has 0 fully saturated rings. The van der Waals surface area contributed by atoms with Gasteiger partial charge < -0.3 is 10.8 Å². The Morgan fingerprint density at radius 3 is 2.81 bits per heavy atom. The number of carbonyl (C=O) groups is 2. The number of aliphatic carboxylic acids is 1. The van der Waals surface area contributed by atoms with Crippen LogP contribution in [0.3, 0.4) is 0 Å². The summed E-state index contributed by atoms with van der Waals surface area (Å²) in [6.07, 6.45) is -0.355. The van der Waals surface area contributed by atoms with Crippen molar-refractivity contribution in [3.63, 3.8) is 0 Å². The molecule has 0 saturated heterocycles. The second kappa shape index (κ2) is 4.99. The van der Waals surface area contributed by atoms with E-state index in [4.69, 9.17) is 26.6 Å². The van der Waals surface area contributed by atoms with E-state index in [-0.39, 0.29) is 22.7 Å². The van der Waals surface area contributed by atoms with Crippen molar-refractivity contribution in [1.29, 1.82) is 0 Å². The molecule has 3 N–H and O–H groups in total. The smallest absolute Gasteiger partial charge is 0.306 e. The van der Waals surface area contributed by atoms with E-state index in [1.165, 1.54) is 6.92 Å². The molecule has 86 valence electrons. The molecule has 0 heterocycles. The lowest BCUT2D eigenvalue weighted by atomic mass is 9.99. The first kappa shape index (κ1) is 8.58. The van der Waals surface area contributed by atoms with Crippen LogP contribution >= 0.6 is 11.6 Å². The Morgan fingerprint density at radius 1 is 1.62 bits per heavy atom. The molecular weight excluding hydrogens is 230 g/mol. The Morgan fingerprint density at radius 2 is 2.25 bits per heavy atom. The Kier molecular flexibility index (Phi) is 2.67. The van der Waals surface area contributed by atoms with E-state index >= 15 is 0 Å². The summed E-state index contributed by atoms with van der Waals surface area (Å²) in [6, 6.07) is -1.35. The molecular formula is C11H12ClNO3. The van der Waals surface area contributed by atoms with Crippen molar-refractivity contribution in [2.24, 2.45) is 5.92 Å². The summed E-state index contributed by atoms with van der Waals surface area (Å²) < 4.78 is 22.7. The third kappa shape index (κ3) is 2.97. The lowest BCUT2D eigenvalue weighted by Crippen LogP contribution is -2.15. The highest BCUT2D eigenvalue weighted by atomic mass is 35.5. The van der Waals surface area contributed by atoms with Crippen molar-refractivity contribution in [1.82, 2.24) is 0 Å². The van der Waals surface area contributed by atoms with Crippen LogP contribution in [-0.4, -0.2) is 16.9 Å². The summed E-state index contributed by atoms with van der Waals surface area (Å²) >= 11 is 5.64. The van der Waals surface area contributed by atoms with Gasteiger partial charge in [0.2, 0.25) is 0 Å². The molecule has 0 aliphatic rings. The molecule has 5 heteroatoms. The fraction of sp³-hybridized carbons (Fsp3) is 0.273. The largest absolute Gasteiger partial charge is 0.481 e. The summed E-state index contributed by atoms with van der Waals surface area (Å²) in [5.41, 5.74) is 4.95. The third-order valence-corrected chi connectivity index (χ3v) is 2.19. The van der Waals surface area contributed by atoms with Crippen LogP contribution in [0.2, 0.25) is 5.02 Å². The molecule has 4 nitrogen and oxygen atoms in total. The standard InChI is InChI=1S/C11H12ClNO3/c1-6(11(15)16)4-10(14)8-3-2-7(12)5-9(8)13/h2-3,5-6H,4,13H2,1H3,(H,15,16)/t6-/m0/s1/i2D,3D,5D. The molecule has 0 unspecified atom stereocenters. The van der Waals surface area contributed by atoms with Gasteiger partial charge >= 0.3 is 5.97 Å². The van der Waals surface area contributed by atoms with Crippen LogP contribution in [0.1, 0.15) is 27.8 Å². The Bertz CT molecular complexity index is 534. The number of carboxylic acids is 1. The maximum absolute atomic E-state index is 11.9. The average Bonchev–Trinajstić information content (AvgIpc) is 2.34. The predicted molar refractivity (Wildman–Crippen MR) is 61.6 cm³/mol.